The van der Waals surface area contributed by atoms with Gasteiger partial charge in [-0.2, -0.15) is 0 Å². The Kier molecular flexibility index (Phi) is 9.53. The number of carboxylic acid groups (broad SMARTS) is 1. The van der Waals surface area contributed by atoms with Gasteiger partial charge in [0.1, 0.15) is 0 Å². The fourth-order valence-electron chi connectivity index (χ4n) is 5.33. The zero-order chi connectivity index (χ0) is 30.3. The predicted molar refractivity (Wildman–Crippen MR) is 168 cm³/mol. The van der Waals surface area contributed by atoms with Crippen molar-refractivity contribution in [1.29, 1.82) is 0 Å². The number of para-hydroxylation sites is 1. The zero-order valence-corrected chi connectivity index (χ0v) is 24.9. The summed E-state index contributed by atoms with van der Waals surface area (Å²) < 4.78 is 0. The third-order valence-electron chi connectivity index (χ3n) is 7.42. The molecule has 2 amide bonds. The molecule has 2 unspecified atom stereocenters. The second kappa shape index (κ2) is 13.7. The summed E-state index contributed by atoms with van der Waals surface area (Å²) in [6, 6.07) is 11.2. The molecular weight excluding hydrogens is 568 g/mol. The first-order chi connectivity index (χ1) is 20.8. The van der Waals surface area contributed by atoms with E-state index >= 15 is 0 Å². The summed E-state index contributed by atoms with van der Waals surface area (Å²) in [6.07, 6.45) is 10.4. The lowest BCUT2D eigenvalue weighted by atomic mass is 9.90. The molecule has 3 heterocycles. The summed E-state index contributed by atoms with van der Waals surface area (Å²) in [7, 11) is 3.84. The number of pyridine rings is 1. The molecule has 1 aliphatic carbocycles. The van der Waals surface area contributed by atoms with Crippen LogP contribution in [0.1, 0.15) is 31.4 Å². The number of hydrogen-bond donors (Lipinski definition) is 4. The van der Waals surface area contributed by atoms with E-state index in [0.29, 0.717) is 41.0 Å². The minimum atomic E-state index is -1.000. The lowest BCUT2D eigenvalue weighted by Gasteiger charge is -2.36. The van der Waals surface area contributed by atoms with E-state index < -0.39 is 6.09 Å². The molecule has 0 aliphatic heterocycles. The van der Waals surface area contributed by atoms with Gasteiger partial charge >= 0.3 is 6.09 Å². The van der Waals surface area contributed by atoms with Gasteiger partial charge in [0.2, 0.25) is 11.9 Å². The normalized spacial score (nSPS) is 16.9. The molecule has 1 saturated carbocycles. The first-order valence-electron chi connectivity index (χ1n) is 14.2. The van der Waals surface area contributed by atoms with Crippen LogP contribution in [0.4, 0.5) is 16.4 Å². The molecule has 1 fully saturated rings. The van der Waals surface area contributed by atoms with E-state index in [1.165, 1.54) is 11.0 Å². The van der Waals surface area contributed by atoms with Crippen LogP contribution in [0.15, 0.2) is 67.1 Å². The number of hydrogen-bond acceptors (Lipinski definition) is 7. The minimum absolute atomic E-state index is 0.0105. The maximum atomic E-state index is 12.3. The fraction of sp³-hybridized carbons (Fsp3) is 0.323. The lowest BCUT2D eigenvalue weighted by molar-refractivity contribution is -0.111. The summed E-state index contributed by atoms with van der Waals surface area (Å²) in [4.78, 5) is 44.6. The largest absolute Gasteiger partial charge is 0.465 e. The molecule has 0 bridgehead atoms. The molecule has 2 atom stereocenters. The highest BCUT2D eigenvalue weighted by atomic mass is 35.5. The number of carbonyl (C=O) groups excluding carboxylic acids is 1. The third-order valence-corrected chi connectivity index (χ3v) is 7.70. The molecule has 3 aromatic heterocycles. The predicted octanol–water partition coefficient (Wildman–Crippen LogP) is 5.63. The number of nitrogens with one attached hydrogen (secondary N) is 3. The molecule has 0 saturated heterocycles. The number of benzene rings is 1. The molecule has 0 spiro atoms. The highest BCUT2D eigenvalue weighted by Crippen LogP contribution is 2.33. The number of amides is 2. The van der Waals surface area contributed by atoms with Gasteiger partial charge < -0.3 is 25.6 Å². The van der Waals surface area contributed by atoms with E-state index in [4.69, 9.17) is 16.6 Å². The van der Waals surface area contributed by atoms with Gasteiger partial charge in [-0.15, -0.1) is 0 Å². The Morgan fingerprint density at radius 1 is 1.14 bits per heavy atom. The number of aromatic nitrogens is 4. The molecule has 1 aliphatic rings. The summed E-state index contributed by atoms with van der Waals surface area (Å²) in [5.74, 6) is 0.204. The first-order valence-corrected chi connectivity index (χ1v) is 14.6. The van der Waals surface area contributed by atoms with E-state index in [-0.39, 0.29) is 24.5 Å². The molecule has 4 N–H and O–H groups in total. The average molecular weight is 603 g/mol. The van der Waals surface area contributed by atoms with Crippen LogP contribution < -0.4 is 10.6 Å². The number of fused-ring (bicyclic) bond motifs is 1. The zero-order valence-electron chi connectivity index (χ0n) is 24.1. The number of carbonyl (C=O) groups is 2. The molecule has 43 heavy (non-hydrogen) atoms. The van der Waals surface area contributed by atoms with E-state index in [1.54, 1.807) is 30.6 Å². The molecular formula is C31H35ClN8O3. The molecule has 11 nitrogen and oxygen atoms in total. The number of likely N-dealkylation sites (N-methyl/N-ethyl adjacent to an activating group) is 1. The van der Waals surface area contributed by atoms with Crippen molar-refractivity contribution >= 4 is 46.1 Å². The second-order valence-electron chi connectivity index (χ2n) is 10.9. The van der Waals surface area contributed by atoms with Gasteiger partial charge in [-0.25, -0.2) is 14.8 Å². The summed E-state index contributed by atoms with van der Waals surface area (Å²) >= 11 is 6.50. The SMILES string of the molecule is CN(C)C/C=C/C(=O)Nc1ccc(CN(C(=O)O)C2CCCC(Nc3ncc(Cl)c(-c4c[nH]c5ccccc45)n3)C2)nc1. The van der Waals surface area contributed by atoms with Crippen LogP contribution in [0.25, 0.3) is 22.2 Å². The number of rotatable bonds is 10. The minimum Gasteiger partial charge on any atom is -0.465 e. The van der Waals surface area contributed by atoms with Crippen LogP contribution in [0.5, 0.6) is 0 Å². The van der Waals surface area contributed by atoms with Crippen LogP contribution in [0.3, 0.4) is 0 Å². The highest BCUT2D eigenvalue weighted by molar-refractivity contribution is 6.33. The van der Waals surface area contributed by atoms with E-state index in [0.717, 1.165) is 35.7 Å². The Bertz CT molecular complexity index is 1600. The Hall–Kier alpha value is -4.48. The highest BCUT2D eigenvalue weighted by Gasteiger charge is 2.30. The monoisotopic (exact) mass is 602 g/mol. The third kappa shape index (κ3) is 7.68. The topological polar surface area (TPSA) is 139 Å². The number of anilines is 2. The van der Waals surface area contributed by atoms with E-state index in [2.05, 4.69) is 25.6 Å². The smallest absolute Gasteiger partial charge is 0.407 e. The molecule has 1 aromatic carbocycles. The van der Waals surface area contributed by atoms with Crippen molar-refractivity contribution in [3.63, 3.8) is 0 Å². The van der Waals surface area contributed by atoms with Crippen molar-refractivity contribution in [2.45, 2.75) is 44.3 Å². The lowest BCUT2D eigenvalue weighted by Crippen LogP contribution is -2.44. The van der Waals surface area contributed by atoms with Crippen molar-refractivity contribution in [2.75, 3.05) is 31.3 Å². The van der Waals surface area contributed by atoms with E-state index in [1.807, 2.05) is 49.5 Å². The summed E-state index contributed by atoms with van der Waals surface area (Å²) in [6.45, 7) is 0.803. The van der Waals surface area contributed by atoms with Crippen LogP contribution >= 0.6 is 11.6 Å². The Labute approximate surface area is 255 Å². The molecule has 0 radical (unpaired) electrons. The van der Waals surface area contributed by atoms with Crippen LogP contribution in [0.2, 0.25) is 5.02 Å². The Morgan fingerprint density at radius 2 is 1.98 bits per heavy atom. The fourth-order valence-corrected chi connectivity index (χ4v) is 5.52. The molecule has 4 aromatic rings. The van der Waals surface area contributed by atoms with Crippen molar-refractivity contribution in [1.82, 2.24) is 29.7 Å². The van der Waals surface area contributed by atoms with Gasteiger partial charge in [-0.05, 0) is 58.0 Å². The standard InChI is InChI=1S/C31H35ClN8O3/c1-39(2)14-6-11-28(41)36-21-12-13-22(33-16-21)19-40(31(42)43)23-8-5-7-20(15-23)37-30-35-18-26(32)29(38-30)25-17-34-27-10-4-3-9-24(25)27/h3-4,6,9-13,16-18,20,23,34H,5,7-8,14-15,19H2,1-2H3,(H,36,41)(H,42,43)(H,35,37,38)/b11-6+. The van der Waals surface area contributed by atoms with Gasteiger partial charge in [-0.1, -0.05) is 35.9 Å². The van der Waals surface area contributed by atoms with Gasteiger partial charge in [0, 0.05) is 47.4 Å². The van der Waals surface area contributed by atoms with Gasteiger partial charge in [0.15, 0.2) is 0 Å². The van der Waals surface area contributed by atoms with Gasteiger partial charge in [-0.3, -0.25) is 14.7 Å². The number of nitrogens with zero attached hydrogens (tertiary/aromatic N) is 5. The van der Waals surface area contributed by atoms with Crippen molar-refractivity contribution in [3.8, 4) is 11.3 Å². The van der Waals surface area contributed by atoms with Crippen LogP contribution in [0, 0.1) is 0 Å². The van der Waals surface area contributed by atoms with Gasteiger partial charge in [0.25, 0.3) is 0 Å². The van der Waals surface area contributed by atoms with Crippen LogP contribution in [-0.4, -0.2) is 79.6 Å². The quantitative estimate of drug-likeness (QED) is 0.171. The second-order valence-corrected chi connectivity index (χ2v) is 11.3. The summed E-state index contributed by atoms with van der Waals surface area (Å²) in [5.41, 5.74) is 3.66. The number of H-pyrrole nitrogens is 1. The van der Waals surface area contributed by atoms with Crippen molar-refractivity contribution in [2.24, 2.45) is 0 Å². The van der Waals surface area contributed by atoms with E-state index in [9.17, 15) is 14.7 Å². The van der Waals surface area contributed by atoms with Crippen molar-refractivity contribution in [3.05, 3.63) is 77.9 Å². The maximum Gasteiger partial charge on any atom is 0.407 e. The first kappa shape index (κ1) is 30.0. The number of aromatic amines is 1. The number of halogens is 1. The van der Waals surface area contributed by atoms with Crippen molar-refractivity contribution < 1.29 is 14.7 Å². The molecule has 12 heteroatoms. The Morgan fingerprint density at radius 3 is 2.74 bits per heavy atom. The van der Waals surface area contributed by atoms with Gasteiger partial charge in [0.05, 0.1) is 41.0 Å². The maximum absolute atomic E-state index is 12.3. The average Bonchev–Trinajstić information content (AvgIpc) is 3.41. The summed E-state index contributed by atoms with van der Waals surface area (Å²) in [5, 5.41) is 17.7. The van der Waals surface area contributed by atoms with Crippen LogP contribution in [-0.2, 0) is 11.3 Å². The molecule has 224 valence electrons. The molecule has 5 rings (SSSR count). The Balaban J connectivity index is 1.22.